The van der Waals surface area contributed by atoms with E-state index in [2.05, 4.69) is 56.6 Å². The number of aromatic nitrogens is 1. The summed E-state index contributed by atoms with van der Waals surface area (Å²) in [5.41, 5.74) is 7.00. The van der Waals surface area contributed by atoms with Crippen LogP contribution in [0.2, 0.25) is 10.0 Å². The topological polar surface area (TPSA) is 34.3 Å². The highest BCUT2D eigenvalue weighted by Crippen LogP contribution is 2.30. The van der Waals surface area contributed by atoms with Gasteiger partial charge in [0.05, 0.1) is 12.2 Å². The largest absolute Gasteiger partial charge is 0.379 e. The standard InChI is InChI=1S/C25H26Cl2N4/c26-20-5-8-23(27)19(13-20)14-29-25-17-31(16-24-22(25)9-10-28-24)21-6-3-18(4-7-21)15-30-11-1-2-12-30/h3-10,13,17,28-29H,1-2,11-12,14-16H2. The smallest absolute Gasteiger partial charge is 0.0634 e. The van der Waals surface area contributed by atoms with Gasteiger partial charge in [0.15, 0.2) is 0 Å². The number of halogens is 2. The van der Waals surface area contributed by atoms with E-state index in [1.807, 2.05) is 24.4 Å². The highest BCUT2D eigenvalue weighted by atomic mass is 35.5. The lowest BCUT2D eigenvalue weighted by Gasteiger charge is -2.28. The molecule has 0 unspecified atom stereocenters. The number of nitrogens with one attached hydrogen (secondary N) is 2. The summed E-state index contributed by atoms with van der Waals surface area (Å²) in [7, 11) is 0. The van der Waals surface area contributed by atoms with Gasteiger partial charge in [-0.25, -0.2) is 0 Å². The molecular weight excluding hydrogens is 427 g/mol. The summed E-state index contributed by atoms with van der Waals surface area (Å²) in [5, 5.41) is 4.96. The Morgan fingerprint density at radius 1 is 0.968 bits per heavy atom. The number of H-pyrrole nitrogens is 1. The Hall–Kier alpha value is -2.40. The van der Waals surface area contributed by atoms with Crippen molar-refractivity contribution in [2.45, 2.75) is 32.5 Å². The van der Waals surface area contributed by atoms with E-state index < -0.39 is 0 Å². The Bertz CT molecular complexity index is 1080. The normalized spacial score (nSPS) is 16.3. The van der Waals surface area contributed by atoms with Gasteiger partial charge >= 0.3 is 0 Å². The Balaban J connectivity index is 1.34. The Morgan fingerprint density at radius 2 is 1.77 bits per heavy atom. The van der Waals surface area contributed by atoms with Crippen molar-refractivity contribution in [3.8, 4) is 0 Å². The second kappa shape index (κ2) is 8.99. The molecule has 0 radical (unpaired) electrons. The van der Waals surface area contributed by atoms with Crippen molar-refractivity contribution in [2.75, 3.05) is 18.0 Å². The molecule has 1 aromatic heterocycles. The van der Waals surface area contributed by atoms with Crippen LogP contribution >= 0.6 is 23.2 Å². The maximum Gasteiger partial charge on any atom is 0.0634 e. The SMILES string of the molecule is Clc1ccc(Cl)c(CNC2=CN(c3ccc(CN4CCCC4)cc3)Cc3[nH]ccc32)c1. The molecule has 0 amide bonds. The van der Waals surface area contributed by atoms with Gasteiger partial charge in [-0.05, 0) is 73.5 Å². The minimum Gasteiger partial charge on any atom is -0.379 e. The average Bonchev–Trinajstić information content (AvgIpc) is 3.46. The van der Waals surface area contributed by atoms with Gasteiger partial charge in [-0.1, -0.05) is 35.3 Å². The highest BCUT2D eigenvalue weighted by Gasteiger charge is 2.20. The highest BCUT2D eigenvalue weighted by molar-refractivity contribution is 6.33. The van der Waals surface area contributed by atoms with E-state index in [0.717, 1.165) is 24.4 Å². The van der Waals surface area contributed by atoms with Crippen LogP contribution in [0.5, 0.6) is 0 Å². The molecule has 31 heavy (non-hydrogen) atoms. The first kappa shape index (κ1) is 20.5. The quantitative estimate of drug-likeness (QED) is 0.479. The fraction of sp³-hybridized carbons (Fsp3) is 0.280. The molecular formula is C25H26Cl2N4. The molecule has 0 saturated carbocycles. The minimum absolute atomic E-state index is 0.610. The molecule has 1 saturated heterocycles. The summed E-state index contributed by atoms with van der Waals surface area (Å²) in [5.74, 6) is 0. The van der Waals surface area contributed by atoms with Crippen molar-refractivity contribution in [2.24, 2.45) is 0 Å². The summed E-state index contributed by atoms with van der Waals surface area (Å²) in [6.07, 6.45) is 6.83. The van der Waals surface area contributed by atoms with Crippen LogP contribution in [-0.4, -0.2) is 23.0 Å². The van der Waals surface area contributed by atoms with E-state index in [1.54, 1.807) is 0 Å². The molecule has 3 aromatic rings. The van der Waals surface area contributed by atoms with E-state index in [0.29, 0.717) is 16.6 Å². The van der Waals surface area contributed by atoms with Gasteiger partial charge in [0.25, 0.3) is 0 Å². The van der Waals surface area contributed by atoms with Gasteiger partial charge in [-0.2, -0.15) is 0 Å². The van der Waals surface area contributed by atoms with Gasteiger partial charge in [0, 0.05) is 52.5 Å². The molecule has 0 spiro atoms. The van der Waals surface area contributed by atoms with Crippen molar-refractivity contribution in [1.82, 2.24) is 15.2 Å². The molecule has 160 valence electrons. The van der Waals surface area contributed by atoms with Crippen molar-refractivity contribution in [1.29, 1.82) is 0 Å². The Morgan fingerprint density at radius 3 is 2.58 bits per heavy atom. The lowest BCUT2D eigenvalue weighted by Crippen LogP contribution is -2.25. The number of benzene rings is 2. The Kier molecular flexibility index (Phi) is 5.95. The molecule has 3 heterocycles. The molecule has 4 nitrogen and oxygen atoms in total. The summed E-state index contributed by atoms with van der Waals surface area (Å²) >= 11 is 12.5. The predicted molar refractivity (Wildman–Crippen MR) is 129 cm³/mol. The van der Waals surface area contributed by atoms with Crippen molar-refractivity contribution >= 4 is 34.6 Å². The molecule has 0 atom stereocenters. The molecule has 0 bridgehead atoms. The van der Waals surface area contributed by atoms with Gasteiger partial charge in [0.2, 0.25) is 0 Å². The van der Waals surface area contributed by atoms with Crippen LogP contribution in [0.25, 0.3) is 5.70 Å². The Labute approximate surface area is 193 Å². The van der Waals surface area contributed by atoms with Crippen molar-refractivity contribution < 1.29 is 0 Å². The first-order chi connectivity index (χ1) is 15.2. The number of hydrogen-bond acceptors (Lipinski definition) is 3. The van der Waals surface area contributed by atoms with Gasteiger partial charge in [0.1, 0.15) is 0 Å². The molecule has 5 rings (SSSR count). The fourth-order valence-electron chi connectivity index (χ4n) is 4.40. The number of hydrogen-bond donors (Lipinski definition) is 2. The molecule has 0 aliphatic carbocycles. The summed E-state index contributed by atoms with van der Waals surface area (Å²) < 4.78 is 0. The molecule has 2 aromatic carbocycles. The fourth-order valence-corrected chi connectivity index (χ4v) is 4.78. The van der Waals surface area contributed by atoms with E-state index in [9.17, 15) is 0 Å². The zero-order chi connectivity index (χ0) is 21.2. The molecule has 1 fully saturated rings. The van der Waals surface area contributed by atoms with Crippen LogP contribution in [0, 0.1) is 0 Å². The van der Waals surface area contributed by atoms with Crippen molar-refractivity contribution in [3.63, 3.8) is 0 Å². The lowest BCUT2D eigenvalue weighted by molar-refractivity contribution is 0.331. The third-order valence-electron chi connectivity index (χ3n) is 6.09. The van der Waals surface area contributed by atoms with E-state index in [-0.39, 0.29) is 0 Å². The number of nitrogens with zero attached hydrogens (tertiary/aromatic N) is 2. The molecule has 2 aliphatic heterocycles. The molecule has 6 heteroatoms. The summed E-state index contributed by atoms with van der Waals surface area (Å²) in [4.78, 5) is 8.20. The zero-order valence-corrected chi connectivity index (χ0v) is 18.9. The van der Waals surface area contributed by atoms with Crippen LogP contribution < -0.4 is 10.2 Å². The van der Waals surface area contributed by atoms with Crippen LogP contribution in [0.4, 0.5) is 5.69 Å². The first-order valence-corrected chi connectivity index (χ1v) is 11.6. The second-order valence-electron chi connectivity index (χ2n) is 8.28. The van der Waals surface area contributed by atoms with E-state index in [4.69, 9.17) is 23.2 Å². The zero-order valence-electron chi connectivity index (χ0n) is 17.4. The lowest BCUT2D eigenvalue weighted by atomic mass is 10.1. The van der Waals surface area contributed by atoms with Crippen LogP contribution in [0.1, 0.15) is 35.2 Å². The van der Waals surface area contributed by atoms with Gasteiger partial charge in [-0.15, -0.1) is 0 Å². The molecule has 2 N–H and O–H groups in total. The van der Waals surface area contributed by atoms with Crippen molar-refractivity contribution in [3.05, 3.63) is 93.4 Å². The monoisotopic (exact) mass is 452 g/mol. The number of rotatable bonds is 6. The maximum atomic E-state index is 6.36. The summed E-state index contributed by atoms with van der Waals surface area (Å²) in [6.45, 7) is 4.91. The number of anilines is 1. The minimum atomic E-state index is 0.610. The second-order valence-corrected chi connectivity index (χ2v) is 9.12. The van der Waals surface area contributed by atoms with E-state index >= 15 is 0 Å². The van der Waals surface area contributed by atoms with Crippen LogP contribution in [-0.2, 0) is 19.6 Å². The maximum absolute atomic E-state index is 6.36. The predicted octanol–water partition coefficient (Wildman–Crippen LogP) is 6.03. The summed E-state index contributed by atoms with van der Waals surface area (Å²) in [6, 6.07) is 16.6. The van der Waals surface area contributed by atoms with Crippen LogP contribution in [0.15, 0.2) is 60.9 Å². The third kappa shape index (κ3) is 4.62. The number of fused-ring (bicyclic) bond motifs is 1. The average molecular weight is 453 g/mol. The van der Waals surface area contributed by atoms with Gasteiger partial charge in [-0.3, -0.25) is 4.90 Å². The number of aromatic amines is 1. The van der Waals surface area contributed by atoms with E-state index in [1.165, 1.54) is 48.4 Å². The molecule has 2 aliphatic rings. The number of likely N-dealkylation sites (tertiary alicyclic amines) is 1. The first-order valence-electron chi connectivity index (χ1n) is 10.8. The van der Waals surface area contributed by atoms with Crippen LogP contribution in [0.3, 0.4) is 0 Å². The van der Waals surface area contributed by atoms with Gasteiger partial charge < -0.3 is 15.2 Å². The third-order valence-corrected chi connectivity index (χ3v) is 6.69.